The summed E-state index contributed by atoms with van der Waals surface area (Å²) in [6.07, 6.45) is 0. The smallest absolute Gasteiger partial charge is 0.290 e. The van der Waals surface area contributed by atoms with E-state index in [1.54, 1.807) is 54.5 Å². The van der Waals surface area contributed by atoms with Crippen LogP contribution in [0.5, 0.6) is 11.5 Å². The lowest BCUT2D eigenvalue weighted by Crippen LogP contribution is -2.38. The predicted octanol–water partition coefficient (Wildman–Crippen LogP) is 4.37. The van der Waals surface area contributed by atoms with Gasteiger partial charge in [-0.05, 0) is 42.9 Å². The molecule has 1 aliphatic rings. The van der Waals surface area contributed by atoms with Gasteiger partial charge in [-0.15, -0.1) is 0 Å². The van der Waals surface area contributed by atoms with E-state index in [4.69, 9.17) is 13.9 Å². The third kappa shape index (κ3) is 4.49. The van der Waals surface area contributed by atoms with Crippen LogP contribution in [-0.2, 0) is 4.79 Å². The van der Waals surface area contributed by atoms with E-state index in [1.807, 2.05) is 6.07 Å². The van der Waals surface area contributed by atoms with E-state index in [1.165, 1.54) is 7.11 Å². The van der Waals surface area contributed by atoms with Crippen molar-refractivity contribution < 1.29 is 28.6 Å². The second kappa shape index (κ2) is 10.2. The molecule has 1 N–H and O–H groups in total. The number of hydrogen-bond acceptors (Lipinski definition) is 7. The number of ketones is 1. The fourth-order valence-electron chi connectivity index (χ4n) is 4.48. The first-order valence-corrected chi connectivity index (χ1v) is 11.6. The quantitative estimate of drug-likeness (QED) is 0.433. The number of hydrogen-bond donors (Lipinski definition) is 1. The second-order valence-electron chi connectivity index (χ2n) is 8.28. The maximum absolute atomic E-state index is 13.7. The van der Waals surface area contributed by atoms with Gasteiger partial charge in [0.05, 0.1) is 25.8 Å². The highest BCUT2D eigenvalue weighted by atomic mass is 16.5. The van der Waals surface area contributed by atoms with Crippen LogP contribution in [-0.4, -0.2) is 67.0 Å². The van der Waals surface area contributed by atoms with Gasteiger partial charge in [0.1, 0.15) is 5.75 Å². The van der Waals surface area contributed by atoms with Crippen molar-refractivity contribution in [2.45, 2.75) is 19.9 Å². The Morgan fingerprint density at radius 3 is 2.43 bits per heavy atom. The minimum absolute atomic E-state index is 0.00210. The number of fused-ring (bicyclic) bond motifs is 1. The summed E-state index contributed by atoms with van der Waals surface area (Å²) in [6, 6.07) is 13.3. The van der Waals surface area contributed by atoms with Crippen molar-refractivity contribution >= 4 is 22.7 Å². The summed E-state index contributed by atoms with van der Waals surface area (Å²) < 4.78 is 16.5. The van der Waals surface area contributed by atoms with Crippen LogP contribution in [0.2, 0.25) is 0 Å². The number of amides is 1. The molecule has 4 rings (SSSR count). The van der Waals surface area contributed by atoms with Gasteiger partial charge in [-0.3, -0.25) is 9.59 Å². The summed E-state index contributed by atoms with van der Waals surface area (Å²) in [6.45, 7) is 6.73. The molecule has 1 atom stereocenters. The SMILES string of the molecule is CCN(CC)CCN1C(=O)C(O)=C(C(=O)c2cc3cccc(OC)c3o2)[C@@H]1c1ccc(OC)cc1. The normalized spacial score (nSPS) is 16.0. The Hall–Kier alpha value is -3.78. The molecule has 35 heavy (non-hydrogen) atoms. The molecule has 0 radical (unpaired) electrons. The number of aliphatic hydroxyl groups is 1. The number of furan rings is 1. The predicted molar refractivity (Wildman–Crippen MR) is 132 cm³/mol. The summed E-state index contributed by atoms with van der Waals surface area (Å²) in [5.74, 6) is -0.492. The van der Waals surface area contributed by atoms with Crippen molar-refractivity contribution in [2.75, 3.05) is 40.4 Å². The summed E-state index contributed by atoms with van der Waals surface area (Å²) >= 11 is 0. The van der Waals surface area contributed by atoms with Crippen LogP contribution in [0.25, 0.3) is 11.0 Å². The molecule has 8 nitrogen and oxygen atoms in total. The molecule has 1 aromatic heterocycles. The molecule has 0 saturated carbocycles. The molecule has 184 valence electrons. The number of nitrogens with zero attached hydrogens (tertiary/aromatic N) is 2. The number of carbonyl (C=O) groups is 2. The van der Waals surface area contributed by atoms with Crippen molar-refractivity contribution in [1.82, 2.24) is 9.80 Å². The fraction of sp³-hybridized carbons (Fsp3) is 0.333. The van der Waals surface area contributed by atoms with Gasteiger partial charge in [0.25, 0.3) is 5.91 Å². The Labute approximate surface area is 204 Å². The molecule has 8 heteroatoms. The molecule has 0 saturated heterocycles. The van der Waals surface area contributed by atoms with E-state index in [9.17, 15) is 14.7 Å². The Morgan fingerprint density at radius 2 is 1.80 bits per heavy atom. The molecule has 1 amide bonds. The van der Waals surface area contributed by atoms with Crippen molar-refractivity contribution in [3.05, 3.63) is 71.2 Å². The van der Waals surface area contributed by atoms with Crippen LogP contribution < -0.4 is 9.47 Å². The third-order valence-electron chi connectivity index (χ3n) is 6.48. The number of ether oxygens (including phenoxy) is 2. The second-order valence-corrected chi connectivity index (χ2v) is 8.28. The lowest BCUT2D eigenvalue weighted by molar-refractivity contribution is -0.129. The van der Waals surface area contributed by atoms with Crippen LogP contribution in [0.3, 0.4) is 0 Å². The standard InChI is InChI=1S/C27H30N2O6/c1-5-28(6-2)14-15-29-23(17-10-12-19(33-3)13-11-17)22(25(31)27(29)32)24(30)21-16-18-8-7-9-20(34-4)26(18)35-21/h7-13,16,23,31H,5-6,14-15H2,1-4H3/t23-/m0/s1. The largest absolute Gasteiger partial charge is 0.503 e. The van der Waals surface area contributed by atoms with E-state index in [2.05, 4.69) is 18.7 Å². The van der Waals surface area contributed by atoms with Crippen LogP contribution in [0.15, 0.2) is 64.3 Å². The van der Waals surface area contributed by atoms with Gasteiger partial charge >= 0.3 is 0 Å². The first-order chi connectivity index (χ1) is 16.9. The average Bonchev–Trinajstić information content (AvgIpc) is 3.44. The molecule has 0 fully saturated rings. The lowest BCUT2D eigenvalue weighted by atomic mass is 9.95. The van der Waals surface area contributed by atoms with Crippen LogP contribution >= 0.6 is 0 Å². The Bertz CT molecular complexity index is 1260. The molecular weight excluding hydrogens is 448 g/mol. The van der Waals surface area contributed by atoms with Gasteiger partial charge in [-0.1, -0.05) is 38.1 Å². The number of rotatable bonds is 10. The number of methoxy groups -OCH3 is 2. The molecule has 0 spiro atoms. The average molecular weight is 479 g/mol. The summed E-state index contributed by atoms with van der Waals surface area (Å²) in [5.41, 5.74) is 1.12. The van der Waals surface area contributed by atoms with Crippen molar-refractivity contribution in [3.8, 4) is 11.5 Å². The minimum Gasteiger partial charge on any atom is -0.503 e. The molecule has 0 aliphatic carbocycles. The van der Waals surface area contributed by atoms with Gasteiger partial charge in [0.2, 0.25) is 5.78 Å². The minimum atomic E-state index is -0.758. The summed E-state index contributed by atoms with van der Waals surface area (Å²) in [5, 5.41) is 11.6. The maximum Gasteiger partial charge on any atom is 0.290 e. The zero-order valence-electron chi connectivity index (χ0n) is 20.4. The van der Waals surface area contributed by atoms with Gasteiger partial charge in [-0.2, -0.15) is 0 Å². The van der Waals surface area contributed by atoms with E-state index in [0.717, 1.165) is 13.1 Å². The highest BCUT2D eigenvalue weighted by molar-refractivity contribution is 6.16. The van der Waals surface area contributed by atoms with E-state index in [0.29, 0.717) is 41.1 Å². The summed E-state index contributed by atoms with van der Waals surface area (Å²) in [4.78, 5) is 30.6. The monoisotopic (exact) mass is 478 g/mol. The van der Waals surface area contributed by atoms with Crippen LogP contribution in [0.1, 0.15) is 36.0 Å². The van der Waals surface area contributed by atoms with Crippen LogP contribution in [0, 0.1) is 0 Å². The molecule has 1 aliphatic heterocycles. The molecule has 0 unspecified atom stereocenters. The Balaban J connectivity index is 1.76. The number of likely N-dealkylation sites (N-methyl/N-ethyl adjacent to an activating group) is 1. The van der Waals surface area contributed by atoms with E-state index in [-0.39, 0.29) is 11.3 Å². The highest BCUT2D eigenvalue weighted by Gasteiger charge is 2.44. The summed E-state index contributed by atoms with van der Waals surface area (Å²) in [7, 11) is 3.09. The first kappa shape index (κ1) is 24.3. The van der Waals surface area contributed by atoms with E-state index < -0.39 is 23.5 Å². The number of carbonyl (C=O) groups excluding carboxylic acids is 2. The molecular formula is C27H30N2O6. The van der Waals surface area contributed by atoms with E-state index >= 15 is 0 Å². The van der Waals surface area contributed by atoms with Crippen molar-refractivity contribution in [1.29, 1.82) is 0 Å². The molecule has 3 aromatic rings. The lowest BCUT2D eigenvalue weighted by Gasteiger charge is -2.29. The van der Waals surface area contributed by atoms with Crippen molar-refractivity contribution in [2.24, 2.45) is 0 Å². The zero-order valence-corrected chi connectivity index (χ0v) is 20.4. The van der Waals surface area contributed by atoms with Gasteiger partial charge < -0.3 is 28.8 Å². The highest BCUT2D eigenvalue weighted by Crippen LogP contribution is 2.40. The topological polar surface area (TPSA) is 92.5 Å². The molecule has 2 aromatic carbocycles. The molecule has 0 bridgehead atoms. The Kier molecular flexibility index (Phi) is 7.12. The first-order valence-electron chi connectivity index (χ1n) is 11.6. The number of benzene rings is 2. The third-order valence-corrected chi connectivity index (χ3v) is 6.48. The number of para-hydroxylation sites is 1. The number of Topliss-reactive ketones (excluding diaryl/α,β-unsaturated/α-hetero) is 1. The fourth-order valence-corrected chi connectivity index (χ4v) is 4.48. The maximum atomic E-state index is 13.7. The van der Waals surface area contributed by atoms with Gasteiger partial charge in [0.15, 0.2) is 22.9 Å². The molecule has 2 heterocycles. The van der Waals surface area contributed by atoms with Gasteiger partial charge in [-0.25, -0.2) is 0 Å². The van der Waals surface area contributed by atoms with Crippen molar-refractivity contribution in [3.63, 3.8) is 0 Å². The number of aliphatic hydroxyl groups excluding tert-OH is 1. The zero-order chi connectivity index (χ0) is 25.1. The van der Waals surface area contributed by atoms with Gasteiger partial charge in [0, 0.05) is 18.5 Å². The van der Waals surface area contributed by atoms with Crippen LogP contribution in [0.4, 0.5) is 0 Å². The Morgan fingerprint density at radius 1 is 1.09 bits per heavy atom.